The van der Waals surface area contributed by atoms with E-state index < -0.39 is 0 Å². The molecule has 0 saturated carbocycles. The molecular weight excluding hydrogens is 336 g/mol. The number of nitrogens with one attached hydrogen (secondary N) is 2. The lowest BCUT2D eigenvalue weighted by Gasteiger charge is -2.08. The van der Waals surface area contributed by atoms with Crippen molar-refractivity contribution in [2.24, 2.45) is 5.92 Å². The number of rotatable bonds is 4. The molecule has 21 heavy (non-hydrogen) atoms. The van der Waals surface area contributed by atoms with Gasteiger partial charge in [0.1, 0.15) is 0 Å². The largest absolute Gasteiger partial charge is 0.444 e. The molecular formula is C15H15BrN2O3. The third-order valence-electron chi connectivity index (χ3n) is 2.73. The van der Waals surface area contributed by atoms with Crippen molar-refractivity contribution < 1.29 is 14.0 Å². The minimum atomic E-state index is -0.334. The molecule has 110 valence electrons. The number of carbonyl (C=O) groups is 2. The first-order chi connectivity index (χ1) is 9.95. The van der Waals surface area contributed by atoms with E-state index in [1.807, 2.05) is 13.8 Å². The van der Waals surface area contributed by atoms with Gasteiger partial charge in [0.25, 0.3) is 5.91 Å². The molecule has 2 amide bonds. The Morgan fingerprint density at radius 1 is 1.00 bits per heavy atom. The van der Waals surface area contributed by atoms with Crippen LogP contribution in [0, 0.1) is 5.92 Å². The van der Waals surface area contributed by atoms with Gasteiger partial charge in [-0.25, -0.2) is 0 Å². The second-order valence-corrected chi connectivity index (χ2v) is 5.56. The fourth-order valence-electron chi connectivity index (χ4n) is 1.55. The molecule has 2 rings (SSSR count). The lowest BCUT2D eigenvalue weighted by atomic mass is 10.2. The first-order valence-electron chi connectivity index (χ1n) is 6.43. The van der Waals surface area contributed by atoms with Gasteiger partial charge in [-0.3, -0.25) is 9.59 Å². The molecule has 6 heteroatoms. The van der Waals surface area contributed by atoms with Crippen molar-refractivity contribution in [3.05, 3.63) is 46.8 Å². The number of hydrogen-bond acceptors (Lipinski definition) is 3. The molecule has 1 heterocycles. The van der Waals surface area contributed by atoms with Gasteiger partial charge in [-0.1, -0.05) is 13.8 Å². The Labute approximate surface area is 130 Å². The summed E-state index contributed by atoms with van der Waals surface area (Å²) in [5.74, 6) is -0.243. The van der Waals surface area contributed by atoms with Gasteiger partial charge in [-0.15, -0.1) is 0 Å². The third kappa shape index (κ3) is 4.19. The Balaban J connectivity index is 1.99. The van der Waals surface area contributed by atoms with Gasteiger partial charge in [0, 0.05) is 17.3 Å². The van der Waals surface area contributed by atoms with Crippen LogP contribution in [-0.2, 0) is 4.79 Å². The molecule has 0 saturated heterocycles. The van der Waals surface area contributed by atoms with Crippen LogP contribution in [0.1, 0.15) is 24.4 Å². The summed E-state index contributed by atoms with van der Waals surface area (Å²) in [6, 6.07) is 10.1. The van der Waals surface area contributed by atoms with Gasteiger partial charge < -0.3 is 15.1 Å². The molecule has 1 aromatic heterocycles. The van der Waals surface area contributed by atoms with E-state index in [0.717, 1.165) is 0 Å². The van der Waals surface area contributed by atoms with Crippen molar-refractivity contribution in [1.29, 1.82) is 0 Å². The Kier molecular flexibility index (Phi) is 4.80. The Morgan fingerprint density at radius 3 is 2.05 bits per heavy atom. The van der Waals surface area contributed by atoms with Crippen molar-refractivity contribution in [3.63, 3.8) is 0 Å². The van der Waals surface area contributed by atoms with E-state index in [-0.39, 0.29) is 23.5 Å². The van der Waals surface area contributed by atoms with Crippen molar-refractivity contribution >= 4 is 39.1 Å². The van der Waals surface area contributed by atoms with E-state index in [2.05, 4.69) is 26.6 Å². The number of amides is 2. The van der Waals surface area contributed by atoms with E-state index in [0.29, 0.717) is 16.0 Å². The summed E-state index contributed by atoms with van der Waals surface area (Å²) in [7, 11) is 0. The molecule has 5 nitrogen and oxygen atoms in total. The van der Waals surface area contributed by atoms with Gasteiger partial charge in [0.05, 0.1) is 0 Å². The zero-order chi connectivity index (χ0) is 15.4. The van der Waals surface area contributed by atoms with Crippen molar-refractivity contribution in [1.82, 2.24) is 0 Å². The number of hydrogen-bond donors (Lipinski definition) is 2. The molecule has 0 aliphatic rings. The van der Waals surface area contributed by atoms with E-state index >= 15 is 0 Å². The van der Waals surface area contributed by atoms with Crippen LogP contribution in [0.25, 0.3) is 0 Å². The maximum atomic E-state index is 11.9. The normalized spacial score (nSPS) is 10.5. The van der Waals surface area contributed by atoms with Crippen LogP contribution in [-0.4, -0.2) is 11.8 Å². The van der Waals surface area contributed by atoms with Crippen molar-refractivity contribution in [3.8, 4) is 0 Å². The van der Waals surface area contributed by atoms with E-state index in [1.165, 1.54) is 0 Å². The zero-order valence-electron chi connectivity index (χ0n) is 11.6. The summed E-state index contributed by atoms with van der Waals surface area (Å²) in [5, 5.41) is 5.49. The SMILES string of the molecule is CC(C)C(=O)Nc1ccc(NC(=O)c2ccc(Br)o2)cc1. The highest BCUT2D eigenvalue weighted by Gasteiger charge is 2.11. The Hall–Kier alpha value is -2.08. The standard InChI is InChI=1S/C15H15BrN2O3/c1-9(2)14(19)17-10-3-5-11(6-4-10)18-15(20)12-7-8-13(16)21-12/h3-9H,1-2H3,(H,17,19)(H,18,20). The lowest BCUT2D eigenvalue weighted by Crippen LogP contribution is -2.17. The number of anilines is 2. The average molecular weight is 351 g/mol. The number of carbonyl (C=O) groups excluding carboxylic acids is 2. The number of halogens is 1. The molecule has 2 aromatic rings. The van der Waals surface area contributed by atoms with Crippen LogP contribution in [0.5, 0.6) is 0 Å². The summed E-state index contributed by atoms with van der Waals surface area (Å²) < 4.78 is 5.67. The van der Waals surface area contributed by atoms with E-state index in [9.17, 15) is 9.59 Å². The predicted molar refractivity (Wildman–Crippen MR) is 84.3 cm³/mol. The smallest absolute Gasteiger partial charge is 0.291 e. The maximum absolute atomic E-state index is 11.9. The summed E-state index contributed by atoms with van der Waals surface area (Å²) in [5.41, 5.74) is 1.31. The monoisotopic (exact) mass is 350 g/mol. The predicted octanol–water partition coefficient (Wildman–Crippen LogP) is 3.89. The number of furan rings is 1. The molecule has 0 spiro atoms. The van der Waals surface area contributed by atoms with Crippen LogP contribution in [0.3, 0.4) is 0 Å². The maximum Gasteiger partial charge on any atom is 0.291 e. The third-order valence-corrected chi connectivity index (χ3v) is 3.16. The van der Waals surface area contributed by atoms with Gasteiger partial charge in [-0.05, 0) is 52.3 Å². The molecule has 0 aliphatic carbocycles. The van der Waals surface area contributed by atoms with E-state index in [4.69, 9.17) is 4.42 Å². The van der Waals surface area contributed by atoms with Gasteiger partial charge in [0.2, 0.25) is 5.91 Å². The highest BCUT2D eigenvalue weighted by molar-refractivity contribution is 9.10. The lowest BCUT2D eigenvalue weighted by molar-refractivity contribution is -0.118. The fourth-order valence-corrected chi connectivity index (χ4v) is 1.86. The number of benzene rings is 1. The summed E-state index contributed by atoms with van der Waals surface area (Å²) in [6.07, 6.45) is 0. The highest BCUT2D eigenvalue weighted by atomic mass is 79.9. The fraction of sp³-hybridized carbons (Fsp3) is 0.200. The molecule has 0 fully saturated rings. The molecule has 0 unspecified atom stereocenters. The molecule has 2 N–H and O–H groups in total. The van der Waals surface area contributed by atoms with Crippen LogP contribution in [0.15, 0.2) is 45.5 Å². The minimum Gasteiger partial charge on any atom is -0.444 e. The van der Waals surface area contributed by atoms with Gasteiger partial charge in [0.15, 0.2) is 10.4 Å². The van der Waals surface area contributed by atoms with E-state index in [1.54, 1.807) is 36.4 Å². The molecule has 0 bridgehead atoms. The first-order valence-corrected chi connectivity index (χ1v) is 7.22. The van der Waals surface area contributed by atoms with Crippen LogP contribution in [0.2, 0.25) is 0 Å². The summed E-state index contributed by atoms with van der Waals surface area (Å²) in [4.78, 5) is 23.4. The van der Waals surface area contributed by atoms with Crippen molar-refractivity contribution in [2.45, 2.75) is 13.8 Å². The van der Waals surface area contributed by atoms with Crippen LogP contribution in [0.4, 0.5) is 11.4 Å². The van der Waals surface area contributed by atoms with Gasteiger partial charge in [-0.2, -0.15) is 0 Å². The quantitative estimate of drug-likeness (QED) is 0.878. The molecule has 0 radical (unpaired) electrons. The van der Waals surface area contributed by atoms with Gasteiger partial charge >= 0.3 is 0 Å². The molecule has 0 atom stereocenters. The topological polar surface area (TPSA) is 71.3 Å². The zero-order valence-corrected chi connectivity index (χ0v) is 13.2. The second-order valence-electron chi connectivity index (χ2n) is 4.78. The van der Waals surface area contributed by atoms with Crippen LogP contribution >= 0.6 is 15.9 Å². The summed E-state index contributed by atoms with van der Waals surface area (Å²) >= 11 is 3.14. The highest BCUT2D eigenvalue weighted by Crippen LogP contribution is 2.18. The Bertz CT molecular complexity index is 647. The van der Waals surface area contributed by atoms with Crippen molar-refractivity contribution in [2.75, 3.05) is 10.6 Å². The van der Waals surface area contributed by atoms with Crippen LogP contribution < -0.4 is 10.6 Å². The molecule has 0 aliphatic heterocycles. The average Bonchev–Trinajstić information content (AvgIpc) is 2.87. The molecule has 1 aromatic carbocycles. The Morgan fingerprint density at radius 2 is 1.57 bits per heavy atom. The minimum absolute atomic E-state index is 0.0489. The second kappa shape index (κ2) is 6.58. The summed E-state index contributed by atoms with van der Waals surface area (Å²) in [6.45, 7) is 3.65. The first kappa shape index (κ1) is 15.3.